The zero-order valence-electron chi connectivity index (χ0n) is 6.44. The van der Waals surface area contributed by atoms with E-state index in [9.17, 15) is 0 Å². The van der Waals surface area contributed by atoms with Gasteiger partial charge in [-0.1, -0.05) is 6.92 Å². The highest BCUT2D eigenvalue weighted by molar-refractivity contribution is 4.97. The van der Waals surface area contributed by atoms with Crippen molar-refractivity contribution in [3.05, 3.63) is 17.7 Å². The van der Waals surface area contributed by atoms with Crippen LogP contribution < -0.4 is 5.32 Å². The lowest BCUT2D eigenvalue weighted by Crippen LogP contribution is -2.12. The third kappa shape index (κ3) is 1.84. The van der Waals surface area contributed by atoms with Crippen LogP contribution >= 0.6 is 0 Å². The maximum absolute atomic E-state index is 4.14. The van der Waals surface area contributed by atoms with Gasteiger partial charge in [-0.25, -0.2) is 4.98 Å². The Balaban J connectivity index is 2.42. The third-order valence-corrected chi connectivity index (χ3v) is 1.30. The van der Waals surface area contributed by atoms with Crippen LogP contribution in [0.5, 0.6) is 0 Å². The van der Waals surface area contributed by atoms with Crippen molar-refractivity contribution in [1.29, 1.82) is 0 Å². The zero-order valence-corrected chi connectivity index (χ0v) is 6.44. The minimum absolute atomic E-state index is 0.838. The van der Waals surface area contributed by atoms with Gasteiger partial charge in [0.1, 0.15) is 5.82 Å². The van der Waals surface area contributed by atoms with Crippen LogP contribution in [-0.2, 0) is 6.54 Å². The second-order valence-electron chi connectivity index (χ2n) is 2.29. The number of H-pyrrole nitrogens is 1. The van der Waals surface area contributed by atoms with Crippen molar-refractivity contribution in [2.45, 2.75) is 20.4 Å². The Hall–Kier alpha value is -0.830. The van der Waals surface area contributed by atoms with Gasteiger partial charge in [-0.15, -0.1) is 0 Å². The first-order chi connectivity index (χ1) is 4.83. The van der Waals surface area contributed by atoms with Crippen LogP contribution in [0.4, 0.5) is 0 Å². The summed E-state index contributed by atoms with van der Waals surface area (Å²) >= 11 is 0. The van der Waals surface area contributed by atoms with Gasteiger partial charge in [0, 0.05) is 11.9 Å². The number of aryl methyl sites for hydroxylation is 1. The first-order valence-corrected chi connectivity index (χ1v) is 3.54. The number of rotatable bonds is 3. The second-order valence-corrected chi connectivity index (χ2v) is 2.29. The molecule has 0 radical (unpaired) electrons. The Morgan fingerprint density at radius 2 is 2.50 bits per heavy atom. The van der Waals surface area contributed by atoms with E-state index in [1.54, 1.807) is 0 Å². The molecule has 0 aliphatic carbocycles. The van der Waals surface area contributed by atoms with Crippen LogP contribution in [0.2, 0.25) is 0 Å². The molecule has 0 saturated carbocycles. The minimum atomic E-state index is 0.838. The first-order valence-electron chi connectivity index (χ1n) is 3.54. The quantitative estimate of drug-likeness (QED) is 0.651. The van der Waals surface area contributed by atoms with Gasteiger partial charge in [-0.05, 0) is 13.5 Å². The van der Waals surface area contributed by atoms with Crippen LogP contribution in [0.1, 0.15) is 18.4 Å². The molecule has 1 aromatic rings. The Morgan fingerprint density at radius 1 is 1.70 bits per heavy atom. The van der Waals surface area contributed by atoms with Crippen molar-refractivity contribution in [1.82, 2.24) is 15.3 Å². The Bertz CT molecular complexity index is 192. The van der Waals surface area contributed by atoms with Crippen molar-refractivity contribution in [2.24, 2.45) is 0 Å². The number of nitrogens with zero attached hydrogens (tertiary/aromatic N) is 1. The van der Waals surface area contributed by atoms with Crippen molar-refractivity contribution < 1.29 is 0 Å². The summed E-state index contributed by atoms with van der Waals surface area (Å²) in [6.45, 7) is 5.91. The molecule has 3 heteroatoms. The average molecular weight is 139 g/mol. The molecule has 0 fully saturated rings. The molecule has 56 valence electrons. The third-order valence-electron chi connectivity index (χ3n) is 1.30. The summed E-state index contributed by atoms with van der Waals surface area (Å²) in [6, 6.07) is 0. The smallest absolute Gasteiger partial charge is 0.120 e. The van der Waals surface area contributed by atoms with E-state index in [2.05, 4.69) is 22.2 Å². The monoisotopic (exact) mass is 139 g/mol. The number of nitrogens with one attached hydrogen (secondary N) is 2. The van der Waals surface area contributed by atoms with E-state index >= 15 is 0 Å². The fourth-order valence-corrected chi connectivity index (χ4v) is 0.800. The lowest BCUT2D eigenvalue weighted by atomic mass is 10.5. The van der Waals surface area contributed by atoms with Gasteiger partial charge in [0.05, 0.1) is 6.54 Å². The predicted molar refractivity (Wildman–Crippen MR) is 40.7 cm³/mol. The van der Waals surface area contributed by atoms with E-state index in [0.717, 1.165) is 24.6 Å². The Kier molecular flexibility index (Phi) is 2.45. The fourth-order valence-electron chi connectivity index (χ4n) is 0.800. The van der Waals surface area contributed by atoms with Gasteiger partial charge in [0.2, 0.25) is 0 Å². The van der Waals surface area contributed by atoms with Crippen LogP contribution in [-0.4, -0.2) is 16.5 Å². The Morgan fingerprint density at radius 3 is 3.00 bits per heavy atom. The summed E-state index contributed by atoms with van der Waals surface area (Å²) in [6.07, 6.45) is 1.84. The molecule has 0 saturated heterocycles. The van der Waals surface area contributed by atoms with Crippen LogP contribution in [0.15, 0.2) is 6.20 Å². The lowest BCUT2D eigenvalue weighted by molar-refractivity contribution is 0.697. The lowest BCUT2D eigenvalue weighted by Gasteiger charge is -1.94. The number of aromatic amines is 1. The van der Waals surface area contributed by atoms with Gasteiger partial charge >= 0.3 is 0 Å². The SMILES string of the molecule is CCNCc1ncc(C)[nH]1. The molecule has 1 aromatic heterocycles. The molecule has 0 aliphatic heterocycles. The van der Waals surface area contributed by atoms with E-state index in [0.29, 0.717) is 0 Å². The summed E-state index contributed by atoms with van der Waals surface area (Å²) in [5.74, 6) is 1.01. The number of imidazole rings is 1. The highest BCUT2D eigenvalue weighted by atomic mass is 15.0. The van der Waals surface area contributed by atoms with Crippen molar-refractivity contribution in [3.63, 3.8) is 0 Å². The molecule has 0 atom stereocenters. The summed E-state index contributed by atoms with van der Waals surface area (Å²) in [4.78, 5) is 7.27. The topological polar surface area (TPSA) is 40.7 Å². The molecule has 0 aromatic carbocycles. The molecule has 0 spiro atoms. The molecular weight excluding hydrogens is 126 g/mol. The van der Waals surface area contributed by atoms with Gasteiger partial charge in [0.25, 0.3) is 0 Å². The van der Waals surface area contributed by atoms with E-state index in [1.165, 1.54) is 0 Å². The van der Waals surface area contributed by atoms with Crippen molar-refractivity contribution >= 4 is 0 Å². The maximum atomic E-state index is 4.14. The van der Waals surface area contributed by atoms with Gasteiger partial charge < -0.3 is 10.3 Å². The molecule has 3 nitrogen and oxygen atoms in total. The molecule has 0 unspecified atom stereocenters. The number of hydrogen-bond donors (Lipinski definition) is 2. The van der Waals surface area contributed by atoms with Gasteiger partial charge in [-0.2, -0.15) is 0 Å². The highest BCUT2D eigenvalue weighted by Gasteiger charge is 1.93. The predicted octanol–water partition coefficient (Wildman–Crippen LogP) is 0.828. The van der Waals surface area contributed by atoms with Crippen LogP contribution in [0.25, 0.3) is 0 Å². The maximum Gasteiger partial charge on any atom is 0.120 e. The minimum Gasteiger partial charge on any atom is -0.345 e. The van der Waals surface area contributed by atoms with E-state index < -0.39 is 0 Å². The second kappa shape index (κ2) is 3.37. The van der Waals surface area contributed by atoms with E-state index in [4.69, 9.17) is 0 Å². The molecular formula is C7H13N3. The molecule has 1 heterocycles. The molecule has 0 aliphatic rings. The standard InChI is InChI=1S/C7H13N3/c1-3-8-5-7-9-4-6(2)10-7/h4,8H,3,5H2,1-2H3,(H,9,10). The summed E-state index contributed by atoms with van der Waals surface area (Å²) in [5.41, 5.74) is 1.12. The summed E-state index contributed by atoms with van der Waals surface area (Å²) < 4.78 is 0. The molecule has 0 bridgehead atoms. The van der Waals surface area contributed by atoms with Crippen LogP contribution in [0.3, 0.4) is 0 Å². The fraction of sp³-hybridized carbons (Fsp3) is 0.571. The van der Waals surface area contributed by atoms with E-state index in [-0.39, 0.29) is 0 Å². The average Bonchev–Trinajstić information content (AvgIpc) is 2.31. The summed E-state index contributed by atoms with van der Waals surface area (Å²) in [5, 5.41) is 3.18. The van der Waals surface area contributed by atoms with Crippen molar-refractivity contribution in [3.8, 4) is 0 Å². The van der Waals surface area contributed by atoms with Crippen LogP contribution in [0, 0.1) is 6.92 Å². The normalized spacial score (nSPS) is 10.2. The largest absolute Gasteiger partial charge is 0.345 e. The molecule has 1 rings (SSSR count). The van der Waals surface area contributed by atoms with Crippen molar-refractivity contribution in [2.75, 3.05) is 6.54 Å². The van der Waals surface area contributed by atoms with Gasteiger partial charge in [-0.3, -0.25) is 0 Å². The summed E-state index contributed by atoms with van der Waals surface area (Å²) in [7, 11) is 0. The number of hydrogen-bond acceptors (Lipinski definition) is 2. The molecule has 0 amide bonds. The Labute approximate surface area is 60.9 Å². The molecule has 10 heavy (non-hydrogen) atoms. The first kappa shape index (κ1) is 7.28. The number of aromatic nitrogens is 2. The van der Waals surface area contributed by atoms with E-state index in [1.807, 2.05) is 13.1 Å². The zero-order chi connectivity index (χ0) is 7.40. The van der Waals surface area contributed by atoms with Gasteiger partial charge in [0.15, 0.2) is 0 Å². The molecule has 2 N–H and O–H groups in total. The highest BCUT2D eigenvalue weighted by Crippen LogP contribution is 1.92.